The van der Waals surface area contributed by atoms with Gasteiger partial charge in [0, 0.05) is 11.8 Å². The summed E-state index contributed by atoms with van der Waals surface area (Å²) >= 11 is 0. The average molecular weight is 286 g/mol. The van der Waals surface area contributed by atoms with Gasteiger partial charge in [-0.3, -0.25) is 0 Å². The molecular formula is C15H26O5. The van der Waals surface area contributed by atoms with Gasteiger partial charge in [-0.1, -0.05) is 20.3 Å². The van der Waals surface area contributed by atoms with Gasteiger partial charge in [-0.25, -0.2) is 0 Å². The smallest absolute Gasteiger partial charge is 0.282 e. The molecule has 20 heavy (non-hydrogen) atoms. The number of hydrogen-bond donors (Lipinski definition) is 0. The highest BCUT2D eigenvalue weighted by molar-refractivity contribution is 4.89. The highest BCUT2D eigenvalue weighted by Crippen LogP contribution is 2.41. The Morgan fingerprint density at radius 1 is 0.950 bits per heavy atom. The lowest BCUT2D eigenvalue weighted by Gasteiger charge is -2.52. The van der Waals surface area contributed by atoms with E-state index in [1.807, 2.05) is 0 Å². The number of ether oxygens (including phenoxy) is 5. The van der Waals surface area contributed by atoms with Crippen LogP contribution >= 0.6 is 0 Å². The standard InChI is InChI=1S/C15H26O5/c1-3-4-5-15-18-10-14(11-19-15,12-20-15)9-17-8-13(2)6-16-7-13/h3-12H2,1-2H3. The fourth-order valence-electron chi connectivity index (χ4n) is 2.82. The normalized spacial score (nSPS) is 38.7. The van der Waals surface area contributed by atoms with Crippen molar-refractivity contribution in [1.29, 1.82) is 0 Å². The maximum atomic E-state index is 5.89. The Labute approximate surface area is 120 Å². The third kappa shape index (κ3) is 2.88. The molecular weight excluding hydrogens is 260 g/mol. The van der Waals surface area contributed by atoms with Crippen molar-refractivity contribution in [3.8, 4) is 0 Å². The van der Waals surface area contributed by atoms with Gasteiger partial charge >= 0.3 is 0 Å². The maximum Gasteiger partial charge on any atom is 0.282 e. The first-order chi connectivity index (χ1) is 9.60. The summed E-state index contributed by atoms with van der Waals surface area (Å²) in [5.41, 5.74) is 0.0579. The zero-order chi connectivity index (χ0) is 14.1. The molecule has 4 heterocycles. The van der Waals surface area contributed by atoms with Gasteiger partial charge in [0.05, 0.1) is 51.7 Å². The molecule has 5 heteroatoms. The quantitative estimate of drug-likeness (QED) is 0.716. The molecule has 5 nitrogen and oxygen atoms in total. The molecule has 0 radical (unpaired) electrons. The molecule has 4 aliphatic heterocycles. The molecule has 0 unspecified atom stereocenters. The van der Waals surface area contributed by atoms with Gasteiger partial charge in [-0.15, -0.1) is 0 Å². The number of fused-ring (bicyclic) bond motifs is 3. The highest BCUT2D eigenvalue weighted by Gasteiger charge is 2.52. The van der Waals surface area contributed by atoms with Crippen LogP contribution in [0.2, 0.25) is 0 Å². The Kier molecular flexibility index (Phi) is 4.08. The maximum absolute atomic E-state index is 5.89. The summed E-state index contributed by atoms with van der Waals surface area (Å²) in [5.74, 6) is -0.772. The lowest BCUT2D eigenvalue weighted by atomic mass is 9.88. The van der Waals surface area contributed by atoms with Crippen LogP contribution in [0.25, 0.3) is 0 Å². The lowest BCUT2D eigenvalue weighted by molar-refractivity contribution is -0.473. The molecule has 0 aromatic heterocycles. The molecule has 0 aromatic carbocycles. The minimum atomic E-state index is -0.772. The van der Waals surface area contributed by atoms with Crippen molar-refractivity contribution >= 4 is 0 Å². The Morgan fingerprint density at radius 3 is 2.10 bits per heavy atom. The Bertz CT molecular complexity index is 315. The molecule has 0 aromatic rings. The van der Waals surface area contributed by atoms with E-state index >= 15 is 0 Å². The molecule has 0 spiro atoms. The molecule has 0 saturated carbocycles. The Hall–Kier alpha value is -0.200. The van der Waals surface area contributed by atoms with Crippen LogP contribution in [-0.4, -0.2) is 52.2 Å². The summed E-state index contributed by atoms with van der Waals surface area (Å²) in [6.07, 6.45) is 2.99. The second kappa shape index (κ2) is 5.54. The van der Waals surface area contributed by atoms with Gasteiger partial charge < -0.3 is 23.7 Å². The predicted molar refractivity (Wildman–Crippen MR) is 72.3 cm³/mol. The molecule has 0 aliphatic carbocycles. The molecule has 2 bridgehead atoms. The molecule has 4 fully saturated rings. The molecule has 0 atom stereocenters. The van der Waals surface area contributed by atoms with Crippen LogP contribution in [0.5, 0.6) is 0 Å². The summed E-state index contributed by atoms with van der Waals surface area (Å²) in [6, 6.07) is 0. The molecule has 0 N–H and O–H groups in total. The molecule has 116 valence electrons. The first-order valence-corrected chi connectivity index (χ1v) is 7.67. The van der Waals surface area contributed by atoms with E-state index < -0.39 is 5.97 Å². The first-order valence-electron chi connectivity index (χ1n) is 7.67. The second-order valence-corrected chi connectivity index (χ2v) is 6.95. The average Bonchev–Trinajstić information content (AvgIpc) is 2.45. The van der Waals surface area contributed by atoms with E-state index in [2.05, 4.69) is 13.8 Å². The van der Waals surface area contributed by atoms with Gasteiger partial charge in [-0.2, -0.15) is 0 Å². The van der Waals surface area contributed by atoms with Crippen molar-refractivity contribution in [1.82, 2.24) is 0 Å². The predicted octanol–water partition coefficient (Wildman–Crippen LogP) is 1.95. The third-order valence-corrected chi connectivity index (χ3v) is 4.39. The van der Waals surface area contributed by atoms with E-state index in [0.29, 0.717) is 26.4 Å². The van der Waals surface area contributed by atoms with E-state index in [0.717, 1.165) is 39.1 Å². The van der Waals surface area contributed by atoms with Crippen LogP contribution < -0.4 is 0 Å². The summed E-state index contributed by atoms with van der Waals surface area (Å²) < 4.78 is 28.7. The van der Waals surface area contributed by atoms with Crippen LogP contribution in [0, 0.1) is 10.8 Å². The Balaban J connectivity index is 1.45. The fourth-order valence-corrected chi connectivity index (χ4v) is 2.82. The van der Waals surface area contributed by atoms with Crippen LogP contribution in [0.3, 0.4) is 0 Å². The van der Waals surface area contributed by atoms with Crippen molar-refractivity contribution in [2.45, 2.75) is 39.1 Å². The minimum absolute atomic E-state index is 0.130. The van der Waals surface area contributed by atoms with E-state index in [1.54, 1.807) is 0 Å². The fraction of sp³-hybridized carbons (Fsp3) is 1.00. The van der Waals surface area contributed by atoms with Crippen LogP contribution in [0.15, 0.2) is 0 Å². The van der Waals surface area contributed by atoms with Gasteiger partial charge in [-0.05, 0) is 6.42 Å². The monoisotopic (exact) mass is 286 g/mol. The summed E-state index contributed by atoms with van der Waals surface area (Å²) in [4.78, 5) is 0. The largest absolute Gasteiger partial charge is 0.380 e. The van der Waals surface area contributed by atoms with Gasteiger partial charge in [0.25, 0.3) is 5.97 Å². The van der Waals surface area contributed by atoms with Gasteiger partial charge in [0.2, 0.25) is 0 Å². The molecule has 4 aliphatic rings. The van der Waals surface area contributed by atoms with E-state index in [1.165, 1.54) is 0 Å². The molecule has 4 rings (SSSR count). The Morgan fingerprint density at radius 2 is 1.60 bits per heavy atom. The van der Waals surface area contributed by atoms with Crippen LogP contribution in [0.1, 0.15) is 33.1 Å². The molecule has 4 saturated heterocycles. The molecule has 0 amide bonds. The zero-order valence-electron chi connectivity index (χ0n) is 12.6. The first kappa shape index (κ1) is 14.7. The number of unbranched alkanes of at least 4 members (excludes halogenated alkanes) is 1. The van der Waals surface area contributed by atoms with E-state index in [9.17, 15) is 0 Å². The highest BCUT2D eigenvalue weighted by atomic mass is 16.9. The topological polar surface area (TPSA) is 46.2 Å². The van der Waals surface area contributed by atoms with Crippen molar-refractivity contribution in [2.24, 2.45) is 10.8 Å². The SMILES string of the molecule is CCCCC12OCC(COCC3(C)COC3)(CO1)CO2. The van der Waals surface area contributed by atoms with Gasteiger partial charge in [0.1, 0.15) is 0 Å². The second-order valence-electron chi connectivity index (χ2n) is 6.95. The summed E-state index contributed by atoms with van der Waals surface area (Å²) in [5, 5.41) is 0. The van der Waals surface area contributed by atoms with Crippen molar-refractivity contribution in [3.63, 3.8) is 0 Å². The lowest BCUT2D eigenvalue weighted by Crippen LogP contribution is -2.61. The summed E-state index contributed by atoms with van der Waals surface area (Å²) in [7, 11) is 0. The number of rotatable bonds is 7. The van der Waals surface area contributed by atoms with E-state index in [-0.39, 0.29) is 10.8 Å². The number of hydrogen-bond acceptors (Lipinski definition) is 5. The zero-order valence-corrected chi connectivity index (χ0v) is 12.6. The van der Waals surface area contributed by atoms with Crippen molar-refractivity contribution < 1.29 is 23.7 Å². The van der Waals surface area contributed by atoms with E-state index in [4.69, 9.17) is 23.7 Å². The van der Waals surface area contributed by atoms with Crippen LogP contribution in [-0.2, 0) is 23.7 Å². The summed E-state index contributed by atoms with van der Waals surface area (Å²) in [6.45, 7) is 9.31. The van der Waals surface area contributed by atoms with Gasteiger partial charge in [0.15, 0.2) is 0 Å². The van der Waals surface area contributed by atoms with Crippen molar-refractivity contribution in [3.05, 3.63) is 0 Å². The van der Waals surface area contributed by atoms with Crippen molar-refractivity contribution in [2.75, 3.05) is 46.2 Å². The minimum Gasteiger partial charge on any atom is -0.380 e. The van der Waals surface area contributed by atoms with Crippen LogP contribution in [0.4, 0.5) is 0 Å². The third-order valence-electron chi connectivity index (χ3n) is 4.39.